The van der Waals surface area contributed by atoms with Crippen LogP contribution in [0.5, 0.6) is 0 Å². The number of amides is 2. The molecule has 176 valence electrons. The standard InChI is InChI=1S/C27H21ClFN3O3/c1-30-18-11-9-16(10-12-18)27(34)32-14-13-17-15-23(35-25(17)19-5-2-3-8-22(19)32)26(33)31-24-20(28)6-4-7-21(24)29/h2-12,15,30H,13-14H2,1H3,(H,31,33). The van der Waals surface area contributed by atoms with Crippen LogP contribution in [-0.4, -0.2) is 25.4 Å². The highest BCUT2D eigenvalue weighted by atomic mass is 35.5. The van der Waals surface area contributed by atoms with E-state index in [4.69, 9.17) is 16.0 Å². The Morgan fingerprint density at radius 3 is 2.54 bits per heavy atom. The van der Waals surface area contributed by atoms with E-state index in [0.29, 0.717) is 35.5 Å². The number of nitrogens with zero attached hydrogens (tertiary/aromatic N) is 1. The Morgan fingerprint density at radius 1 is 1.03 bits per heavy atom. The Bertz CT molecular complexity index is 1410. The van der Waals surface area contributed by atoms with Crippen LogP contribution < -0.4 is 15.5 Å². The molecule has 1 aliphatic heterocycles. The van der Waals surface area contributed by atoms with E-state index in [1.165, 1.54) is 18.2 Å². The van der Waals surface area contributed by atoms with Crippen LogP contribution in [0.1, 0.15) is 26.5 Å². The van der Waals surface area contributed by atoms with Crippen LogP contribution in [-0.2, 0) is 6.42 Å². The summed E-state index contributed by atoms with van der Waals surface area (Å²) in [6, 6.07) is 20.5. The maximum absolute atomic E-state index is 14.1. The van der Waals surface area contributed by atoms with Gasteiger partial charge in [-0.05, 0) is 61.0 Å². The van der Waals surface area contributed by atoms with Crippen molar-refractivity contribution in [3.05, 3.63) is 101 Å². The molecule has 2 heterocycles. The second-order valence-electron chi connectivity index (χ2n) is 8.07. The smallest absolute Gasteiger partial charge is 0.291 e. The molecule has 1 aromatic heterocycles. The molecule has 0 atom stereocenters. The minimum absolute atomic E-state index is 0.0338. The molecule has 0 bridgehead atoms. The van der Waals surface area contributed by atoms with Crippen molar-refractivity contribution in [2.24, 2.45) is 0 Å². The lowest BCUT2D eigenvalue weighted by Crippen LogP contribution is -2.32. The normalized spacial score (nSPS) is 12.4. The molecule has 4 aromatic rings. The second-order valence-corrected chi connectivity index (χ2v) is 8.47. The summed E-state index contributed by atoms with van der Waals surface area (Å²) in [4.78, 5) is 28.0. The summed E-state index contributed by atoms with van der Waals surface area (Å²) >= 11 is 6.04. The zero-order valence-electron chi connectivity index (χ0n) is 18.8. The van der Waals surface area contributed by atoms with E-state index in [-0.39, 0.29) is 22.4 Å². The molecule has 1 aliphatic rings. The fourth-order valence-electron chi connectivity index (χ4n) is 4.15. The van der Waals surface area contributed by atoms with Crippen molar-refractivity contribution in [2.45, 2.75) is 6.42 Å². The number of carbonyl (C=O) groups excluding carboxylic acids is 2. The summed E-state index contributed by atoms with van der Waals surface area (Å²) in [5.41, 5.74) is 3.55. The van der Waals surface area contributed by atoms with Gasteiger partial charge in [-0.3, -0.25) is 9.59 Å². The Hall–Kier alpha value is -4.10. The third-order valence-corrected chi connectivity index (χ3v) is 6.26. The first kappa shape index (κ1) is 22.7. The maximum atomic E-state index is 14.1. The van der Waals surface area contributed by atoms with E-state index in [2.05, 4.69) is 10.6 Å². The van der Waals surface area contributed by atoms with Crippen molar-refractivity contribution in [3.63, 3.8) is 0 Å². The van der Waals surface area contributed by atoms with Gasteiger partial charge < -0.3 is 20.0 Å². The van der Waals surface area contributed by atoms with Gasteiger partial charge in [-0.15, -0.1) is 0 Å². The summed E-state index contributed by atoms with van der Waals surface area (Å²) < 4.78 is 20.1. The lowest BCUT2D eigenvalue weighted by Gasteiger charge is -2.23. The first-order valence-corrected chi connectivity index (χ1v) is 11.4. The van der Waals surface area contributed by atoms with Crippen molar-refractivity contribution < 1.29 is 18.4 Å². The monoisotopic (exact) mass is 489 g/mol. The average Bonchev–Trinajstić information content (AvgIpc) is 3.24. The molecule has 5 rings (SSSR count). The Labute approximate surface area is 206 Å². The molecule has 0 unspecified atom stereocenters. The number of nitrogens with one attached hydrogen (secondary N) is 2. The highest BCUT2D eigenvalue weighted by Gasteiger charge is 2.29. The molecule has 2 amide bonds. The lowest BCUT2D eigenvalue weighted by atomic mass is 10.1. The van der Waals surface area contributed by atoms with Gasteiger partial charge >= 0.3 is 0 Å². The molecule has 0 fully saturated rings. The first-order chi connectivity index (χ1) is 17.0. The van der Waals surface area contributed by atoms with E-state index < -0.39 is 11.7 Å². The minimum Gasteiger partial charge on any atom is -0.451 e. The number of carbonyl (C=O) groups is 2. The summed E-state index contributed by atoms with van der Waals surface area (Å²) in [6.07, 6.45) is 0.474. The van der Waals surface area contributed by atoms with E-state index in [9.17, 15) is 14.0 Å². The number of furan rings is 1. The third kappa shape index (κ3) is 4.26. The summed E-state index contributed by atoms with van der Waals surface area (Å²) in [7, 11) is 1.82. The fourth-order valence-corrected chi connectivity index (χ4v) is 4.36. The van der Waals surface area contributed by atoms with Gasteiger partial charge in [-0.1, -0.05) is 29.8 Å². The first-order valence-electron chi connectivity index (χ1n) is 11.0. The van der Waals surface area contributed by atoms with Crippen LogP contribution in [0.2, 0.25) is 5.02 Å². The van der Waals surface area contributed by atoms with Gasteiger partial charge in [0.1, 0.15) is 11.6 Å². The molecule has 0 aliphatic carbocycles. The molecule has 0 saturated heterocycles. The molecular formula is C27H21ClFN3O3. The van der Waals surface area contributed by atoms with Gasteiger partial charge in [0.15, 0.2) is 5.76 Å². The zero-order chi connectivity index (χ0) is 24.5. The number of para-hydroxylation sites is 2. The Kier molecular flexibility index (Phi) is 6.01. The number of hydrogen-bond donors (Lipinski definition) is 2. The van der Waals surface area contributed by atoms with Gasteiger partial charge in [0.25, 0.3) is 11.8 Å². The van der Waals surface area contributed by atoms with Crippen LogP contribution in [0.4, 0.5) is 21.5 Å². The fraction of sp³-hybridized carbons (Fsp3) is 0.111. The predicted molar refractivity (Wildman–Crippen MR) is 135 cm³/mol. The highest BCUT2D eigenvalue weighted by Crippen LogP contribution is 2.39. The molecule has 0 radical (unpaired) electrons. The summed E-state index contributed by atoms with van der Waals surface area (Å²) in [6.45, 7) is 0.399. The number of halogens is 2. The minimum atomic E-state index is -0.638. The van der Waals surface area contributed by atoms with Crippen LogP contribution in [0.15, 0.2) is 77.2 Å². The molecular weight excluding hydrogens is 469 g/mol. The van der Waals surface area contributed by atoms with Gasteiger partial charge in [-0.2, -0.15) is 0 Å². The largest absolute Gasteiger partial charge is 0.451 e. The van der Waals surface area contributed by atoms with Crippen molar-refractivity contribution in [3.8, 4) is 11.3 Å². The predicted octanol–water partition coefficient (Wildman–Crippen LogP) is 6.24. The number of anilines is 3. The molecule has 6 nitrogen and oxygen atoms in total. The summed E-state index contributed by atoms with van der Waals surface area (Å²) in [5.74, 6) is -0.837. The zero-order valence-corrected chi connectivity index (χ0v) is 19.5. The molecule has 8 heteroatoms. The van der Waals surface area contributed by atoms with Crippen molar-refractivity contribution in [1.82, 2.24) is 0 Å². The van der Waals surface area contributed by atoms with Gasteiger partial charge in [0, 0.05) is 36.0 Å². The maximum Gasteiger partial charge on any atom is 0.291 e. The van der Waals surface area contributed by atoms with Crippen LogP contribution in [0, 0.1) is 5.82 Å². The van der Waals surface area contributed by atoms with E-state index in [1.807, 2.05) is 43.4 Å². The van der Waals surface area contributed by atoms with E-state index in [1.54, 1.807) is 23.1 Å². The molecule has 35 heavy (non-hydrogen) atoms. The van der Waals surface area contributed by atoms with Crippen molar-refractivity contribution in [2.75, 3.05) is 29.1 Å². The molecule has 2 N–H and O–H groups in total. The van der Waals surface area contributed by atoms with Crippen LogP contribution >= 0.6 is 11.6 Å². The van der Waals surface area contributed by atoms with Crippen LogP contribution in [0.3, 0.4) is 0 Å². The summed E-state index contributed by atoms with van der Waals surface area (Å²) in [5, 5.41) is 5.63. The van der Waals surface area contributed by atoms with Crippen LogP contribution in [0.25, 0.3) is 11.3 Å². The molecule has 3 aromatic carbocycles. The van der Waals surface area contributed by atoms with Gasteiger partial charge in [-0.25, -0.2) is 4.39 Å². The second kappa shape index (κ2) is 9.27. The van der Waals surface area contributed by atoms with Gasteiger partial charge in [0.2, 0.25) is 0 Å². The number of benzene rings is 3. The quantitative estimate of drug-likeness (QED) is 0.356. The number of fused-ring (bicyclic) bond motifs is 3. The SMILES string of the molecule is CNc1ccc(C(=O)N2CCc3cc(C(=O)Nc4c(F)cccc4Cl)oc3-c3ccccc32)cc1. The van der Waals surface area contributed by atoms with Gasteiger partial charge in [0.05, 0.1) is 16.4 Å². The average molecular weight is 490 g/mol. The number of hydrogen-bond acceptors (Lipinski definition) is 4. The van der Waals surface area contributed by atoms with Crippen molar-refractivity contribution >= 4 is 40.5 Å². The van der Waals surface area contributed by atoms with E-state index >= 15 is 0 Å². The number of rotatable bonds is 4. The van der Waals surface area contributed by atoms with Crippen molar-refractivity contribution in [1.29, 1.82) is 0 Å². The lowest BCUT2D eigenvalue weighted by molar-refractivity contribution is 0.0982. The molecule has 0 spiro atoms. The third-order valence-electron chi connectivity index (χ3n) is 5.94. The Balaban J connectivity index is 1.47. The topological polar surface area (TPSA) is 74.6 Å². The molecule has 0 saturated carbocycles. The highest BCUT2D eigenvalue weighted by molar-refractivity contribution is 6.33. The van der Waals surface area contributed by atoms with E-state index in [0.717, 1.165) is 11.3 Å². The Morgan fingerprint density at radius 2 is 1.80 bits per heavy atom.